The van der Waals surface area contributed by atoms with E-state index in [2.05, 4.69) is 6.92 Å². The molecule has 5 heteroatoms. The Hall–Kier alpha value is 0.270. The lowest BCUT2D eigenvalue weighted by Crippen LogP contribution is -2.12. The van der Waals surface area contributed by atoms with Crippen molar-refractivity contribution in [3.8, 4) is 0 Å². The Labute approximate surface area is 125 Å². The van der Waals surface area contributed by atoms with E-state index < -0.39 is 0 Å². The molecule has 0 aliphatic rings. The van der Waals surface area contributed by atoms with Crippen molar-refractivity contribution in [1.29, 1.82) is 0 Å². The first-order chi connectivity index (χ1) is 9.71. The lowest BCUT2D eigenvalue weighted by molar-refractivity contribution is 0.143. The summed E-state index contributed by atoms with van der Waals surface area (Å²) in [6.45, 7) is 2.53. The molecule has 0 rings (SSSR count). The summed E-state index contributed by atoms with van der Waals surface area (Å²) in [5, 5.41) is 36.2. The quantitative estimate of drug-likeness (QED) is 0.368. The minimum absolute atomic E-state index is 0.0314. The van der Waals surface area contributed by atoms with Crippen molar-refractivity contribution in [2.75, 3.05) is 44.9 Å². The molecule has 0 aromatic carbocycles. The van der Waals surface area contributed by atoms with E-state index in [0.29, 0.717) is 0 Å². The third kappa shape index (κ3) is 10.1. The molecule has 0 saturated heterocycles. The van der Waals surface area contributed by atoms with Crippen LogP contribution in [0.1, 0.15) is 39.0 Å². The molecule has 20 heavy (non-hydrogen) atoms. The van der Waals surface area contributed by atoms with Gasteiger partial charge in [0.05, 0.1) is 0 Å². The largest absolute Gasteiger partial charge is 0.396 e. The van der Waals surface area contributed by atoms with E-state index in [-0.39, 0.29) is 46.2 Å². The van der Waals surface area contributed by atoms with Gasteiger partial charge in [-0.2, -0.15) is 0 Å². The summed E-state index contributed by atoms with van der Waals surface area (Å²) in [7, 11) is 0.0314. The summed E-state index contributed by atoms with van der Waals surface area (Å²) in [4.78, 5) is 0. The van der Waals surface area contributed by atoms with Crippen LogP contribution >= 0.6 is 7.92 Å². The summed E-state index contributed by atoms with van der Waals surface area (Å²) in [5.74, 6) is 0.0864. The molecule has 4 N–H and O–H groups in total. The summed E-state index contributed by atoms with van der Waals surface area (Å²) >= 11 is 0. The summed E-state index contributed by atoms with van der Waals surface area (Å²) in [6.07, 6.45) is 8.89. The Balaban J connectivity index is 3.85. The normalized spacial score (nSPS) is 12.0. The maximum Gasteiger partial charge on any atom is 0.0481 e. The van der Waals surface area contributed by atoms with Crippen molar-refractivity contribution in [2.45, 2.75) is 39.0 Å². The molecule has 0 unspecified atom stereocenters. The molecule has 0 aromatic rings. The van der Waals surface area contributed by atoms with Crippen LogP contribution in [0.25, 0.3) is 0 Å². The number of hydrogen-bond acceptors (Lipinski definition) is 4. The molecule has 0 spiro atoms. The van der Waals surface area contributed by atoms with Gasteiger partial charge in [-0.05, 0) is 44.2 Å². The highest BCUT2D eigenvalue weighted by Crippen LogP contribution is 2.39. The molecular weight excluding hydrogens is 275 g/mol. The average Bonchev–Trinajstić information content (AvgIpc) is 2.48. The van der Waals surface area contributed by atoms with Crippen LogP contribution in [0.5, 0.6) is 0 Å². The molecule has 4 nitrogen and oxygen atoms in total. The van der Waals surface area contributed by atoms with Gasteiger partial charge in [0.25, 0.3) is 0 Å². The Bertz CT molecular complexity index is 178. The molecule has 0 aliphatic carbocycles. The van der Waals surface area contributed by atoms with Gasteiger partial charge in [-0.15, -0.1) is 7.92 Å². The van der Waals surface area contributed by atoms with Crippen LogP contribution in [0, 0.1) is 11.8 Å². The second kappa shape index (κ2) is 14.2. The fourth-order valence-electron chi connectivity index (χ4n) is 2.34. The van der Waals surface area contributed by atoms with Crippen LogP contribution in [0.4, 0.5) is 0 Å². The monoisotopic (exact) mass is 308 g/mol. The van der Waals surface area contributed by atoms with Gasteiger partial charge in [-0.3, -0.25) is 0 Å². The van der Waals surface area contributed by atoms with Crippen molar-refractivity contribution >= 4 is 7.92 Å². The molecule has 0 atom stereocenters. The lowest BCUT2D eigenvalue weighted by atomic mass is 10.1. The van der Waals surface area contributed by atoms with Crippen LogP contribution in [0.2, 0.25) is 0 Å². The summed E-state index contributed by atoms with van der Waals surface area (Å²) < 4.78 is 0. The highest BCUT2D eigenvalue weighted by molar-refractivity contribution is 7.57. The molecule has 0 aromatic heterocycles. The predicted molar refractivity (Wildman–Crippen MR) is 85.6 cm³/mol. The maximum absolute atomic E-state index is 9.05. The molecule has 0 amide bonds. The number of hydrogen-bond donors (Lipinski definition) is 4. The number of rotatable bonds is 14. The van der Waals surface area contributed by atoms with Gasteiger partial charge < -0.3 is 20.4 Å². The first-order valence-corrected chi connectivity index (χ1v) is 9.77. The SMILES string of the molecule is CCCP(CCCC(CO)CO)CCCC(CO)CO. The molecule has 0 heterocycles. The van der Waals surface area contributed by atoms with Crippen LogP contribution < -0.4 is 0 Å². The lowest BCUT2D eigenvalue weighted by Gasteiger charge is -2.19. The molecular formula is C15H33O4P. The van der Waals surface area contributed by atoms with Crippen molar-refractivity contribution in [3.05, 3.63) is 0 Å². The van der Waals surface area contributed by atoms with Gasteiger partial charge in [0.2, 0.25) is 0 Å². The third-order valence-electron chi connectivity index (χ3n) is 3.75. The summed E-state index contributed by atoms with van der Waals surface area (Å²) in [5.41, 5.74) is 0. The first-order valence-electron chi connectivity index (χ1n) is 7.87. The Morgan fingerprint density at radius 1 is 0.700 bits per heavy atom. The average molecular weight is 308 g/mol. The topological polar surface area (TPSA) is 80.9 Å². The van der Waals surface area contributed by atoms with Gasteiger partial charge in [-0.1, -0.05) is 13.3 Å². The van der Waals surface area contributed by atoms with Crippen LogP contribution in [-0.2, 0) is 0 Å². The zero-order chi connectivity index (χ0) is 15.2. The second-order valence-corrected chi connectivity index (χ2v) is 8.27. The van der Waals surface area contributed by atoms with E-state index >= 15 is 0 Å². The highest BCUT2D eigenvalue weighted by Gasteiger charge is 2.12. The molecule has 0 radical (unpaired) electrons. The van der Waals surface area contributed by atoms with E-state index in [1.807, 2.05) is 0 Å². The highest BCUT2D eigenvalue weighted by atomic mass is 31.1. The summed E-state index contributed by atoms with van der Waals surface area (Å²) in [6, 6.07) is 0. The van der Waals surface area contributed by atoms with Gasteiger partial charge in [0.1, 0.15) is 0 Å². The van der Waals surface area contributed by atoms with Crippen molar-refractivity contribution in [1.82, 2.24) is 0 Å². The maximum atomic E-state index is 9.05. The predicted octanol–water partition coefficient (Wildman–Crippen LogP) is 1.64. The Kier molecular flexibility index (Phi) is 14.4. The van der Waals surface area contributed by atoms with Gasteiger partial charge in [0.15, 0.2) is 0 Å². The number of aliphatic hydroxyl groups excluding tert-OH is 4. The van der Waals surface area contributed by atoms with Gasteiger partial charge >= 0.3 is 0 Å². The molecule has 0 bridgehead atoms. The van der Waals surface area contributed by atoms with E-state index in [1.54, 1.807) is 0 Å². The zero-order valence-electron chi connectivity index (χ0n) is 12.9. The van der Waals surface area contributed by atoms with E-state index in [1.165, 1.54) is 24.9 Å². The van der Waals surface area contributed by atoms with E-state index in [9.17, 15) is 0 Å². The molecule has 0 saturated carbocycles. The second-order valence-electron chi connectivity index (χ2n) is 5.59. The molecule has 122 valence electrons. The van der Waals surface area contributed by atoms with Crippen LogP contribution in [0.15, 0.2) is 0 Å². The van der Waals surface area contributed by atoms with Gasteiger partial charge in [-0.25, -0.2) is 0 Å². The van der Waals surface area contributed by atoms with E-state index in [0.717, 1.165) is 25.7 Å². The van der Waals surface area contributed by atoms with Crippen molar-refractivity contribution in [3.63, 3.8) is 0 Å². The van der Waals surface area contributed by atoms with E-state index in [4.69, 9.17) is 20.4 Å². The first kappa shape index (κ1) is 20.3. The van der Waals surface area contributed by atoms with Crippen molar-refractivity contribution in [2.24, 2.45) is 11.8 Å². The fraction of sp³-hybridized carbons (Fsp3) is 1.00. The fourth-order valence-corrected chi connectivity index (χ4v) is 4.90. The smallest absolute Gasteiger partial charge is 0.0481 e. The Morgan fingerprint density at radius 2 is 1.10 bits per heavy atom. The van der Waals surface area contributed by atoms with Crippen molar-refractivity contribution < 1.29 is 20.4 Å². The zero-order valence-corrected chi connectivity index (χ0v) is 13.8. The minimum atomic E-state index is 0.0314. The molecule has 0 aliphatic heterocycles. The minimum Gasteiger partial charge on any atom is -0.396 e. The van der Waals surface area contributed by atoms with Crippen LogP contribution in [-0.4, -0.2) is 65.3 Å². The Morgan fingerprint density at radius 3 is 1.40 bits per heavy atom. The molecule has 0 fully saturated rings. The third-order valence-corrected chi connectivity index (χ3v) is 6.72. The number of aliphatic hydroxyl groups is 4. The standard InChI is InChI=1S/C15H33O4P/c1-2-7-20(8-3-5-14(10-16)11-17)9-4-6-15(12-18)13-19/h14-19H,2-13H2,1H3. The van der Waals surface area contributed by atoms with Gasteiger partial charge in [0, 0.05) is 38.3 Å². The van der Waals surface area contributed by atoms with Crippen LogP contribution in [0.3, 0.4) is 0 Å².